The maximum absolute atomic E-state index is 13.3. The van der Waals surface area contributed by atoms with Gasteiger partial charge in [-0.15, -0.1) is 0 Å². The van der Waals surface area contributed by atoms with Crippen LogP contribution < -0.4 is 20.1 Å². The molecule has 2 bridgehead atoms. The molecule has 3 heterocycles. The van der Waals surface area contributed by atoms with Crippen molar-refractivity contribution >= 4 is 29.3 Å². The zero-order chi connectivity index (χ0) is 30.3. The van der Waals surface area contributed by atoms with Crippen LogP contribution in [0.4, 0.5) is 0 Å². The van der Waals surface area contributed by atoms with Gasteiger partial charge in [-0.1, -0.05) is 41.9 Å². The molecule has 13 heteroatoms. The molecular formula is C30H30ClN7O5. The molecule has 2 aromatic carbocycles. The fourth-order valence-corrected chi connectivity index (χ4v) is 4.68. The molecule has 222 valence electrons. The molecule has 0 radical (unpaired) electrons. The lowest BCUT2D eigenvalue weighted by Crippen LogP contribution is -2.45. The Kier molecular flexibility index (Phi) is 9.16. The Morgan fingerprint density at radius 3 is 2.63 bits per heavy atom. The minimum Gasteiger partial charge on any atom is -0.493 e. The molecule has 0 saturated carbocycles. The van der Waals surface area contributed by atoms with Crippen molar-refractivity contribution < 1.29 is 23.9 Å². The summed E-state index contributed by atoms with van der Waals surface area (Å²) < 4.78 is 13.1. The largest absolute Gasteiger partial charge is 0.493 e. The highest BCUT2D eigenvalue weighted by molar-refractivity contribution is 6.30. The number of rotatable bonds is 3. The topological polar surface area (TPSA) is 141 Å². The maximum Gasteiger partial charge on any atom is 0.272 e. The van der Waals surface area contributed by atoms with E-state index in [-0.39, 0.29) is 37.8 Å². The van der Waals surface area contributed by atoms with Gasteiger partial charge in [-0.05, 0) is 37.3 Å². The van der Waals surface area contributed by atoms with Crippen LogP contribution in [0.25, 0.3) is 11.4 Å². The van der Waals surface area contributed by atoms with Crippen molar-refractivity contribution in [1.29, 1.82) is 0 Å². The van der Waals surface area contributed by atoms with Gasteiger partial charge >= 0.3 is 0 Å². The molecule has 0 fully saturated rings. The van der Waals surface area contributed by atoms with Crippen molar-refractivity contribution in [2.75, 3.05) is 33.4 Å². The molecule has 2 N–H and O–H groups in total. The molecular weight excluding hydrogens is 574 g/mol. The summed E-state index contributed by atoms with van der Waals surface area (Å²) >= 11 is 5.94. The van der Waals surface area contributed by atoms with E-state index in [2.05, 4.69) is 20.7 Å². The normalized spacial score (nSPS) is 16.3. The van der Waals surface area contributed by atoms with E-state index < -0.39 is 17.9 Å². The van der Waals surface area contributed by atoms with E-state index in [1.54, 1.807) is 35.9 Å². The van der Waals surface area contributed by atoms with Gasteiger partial charge in [0.15, 0.2) is 17.3 Å². The van der Waals surface area contributed by atoms with Crippen LogP contribution in [0.1, 0.15) is 39.6 Å². The summed E-state index contributed by atoms with van der Waals surface area (Å²) in [5.74, 6) is 0.568. The Hall–Kier alpha value is -4.97. The van der Waals surface area contributed by atoms with Crippen molar-refractivity contribution in [3.05, 3.63) is 89.0 Å². The number of pyridine rings is 1. The maximum atomic E-state index is 13.3. The Labute approximate surface area is 253 Å². The van der Waals surface area contributed by atoms with E-state index in [9.17, 15) is 14.4 Å². The van der Waals surface area contributed by atoms with E-state index in [0.717, 1.165) is 5.56 Å². The summed E-state index contributed by atoms with van der Waals surface area (Å²) in [4.78, 5) is 49.7. The molecule has 1 aliphatic rings. The van der Waals surface area contributed by atoms with E-state index >= 15 is 0 Å². The van der Waals surface area contributed by atoms with Crippen LogP contribution in [-0.4, -0.2) is 75.7 Å². The van der Waals surface area contributed by atoms with Crippen LogP contribution in [-0.2, 0) is 11.3 Å². The molecule has 0 saturated heterocycles. The summed E-state index contributed by atoms with van der Waals surface area (Å²) in [6, 6.07) is 16.8. The first-order valence-corrected chi connectivity index (χ1v) is 14.0. The number of amides is 3. The van der Waals surface area contributed by atoms with Gasteiger partial charge in [0.25, 0.3) is 11.8 Å². The van der Waals surface area contributed by atoms with Crippen molar-refractivity contribution in [3.63, 3.8) is 0 Å². The molecule has 2 aromatic heterocycles. The number of fused-ring (bicyclic) bond motifs is 3. The average Bonchev–Trinajstić information content (AvgIpc) is 3.45. The number of nitrogens with one attached hydrogen (secondary N) is 2. The highest BCUT2D eigenvalue weighted by Gasteiger charge is 2.24. The first-order valence-electron chi connectivity index (χ1n) is 13.6. The minimum atomic E-state index is -0.559. The number of methoxy groups -OCH3 is 1. The molecule has 0 aliphatic carbocycles. The lowest BCUT2D eigenvalue weighted by atomic mass is 10.2. The van der Waals surface area contributed by atoms with Gasteiger partial charge in [0.05, 0.1) is 31.3 Å². The Morgan fingerprint density at radius 2 is 1.88 bits per heavy atom. The van der Waals surface area contributed by atoms with Crippen LogP contribution in [0.3, 0.4) is 0 Å². The molecule has 0 spiro atoms. The first kappa shape index (κ1) is 29.5. The zero-order valence-electron chi connectivity index (χ0n) is 23.6. The van der Waals surface area contributed by atoms with Crippen molar-refractivity contribution in [1.82, 2.24) is 35.3 Å². The van der Waals surface area contributed by atoms with Crippen LogP contribution >= 0.6 is 11.6 Å². The predicted octanol–water partition coefficient (Wildman–Crippen LogP) is 3.14. The second kappa shape index (κ2) is 13.3. The number of nitrogens with zero attached hydrogens (tertiary/aromatic N) is 5. The fourth-order valence-electron chi connectivity index (χ4n) is 4.57. The van der Waals surface area contributed by atoms with Gasteiger partial charge in [0.2, 0.25) is 5.91 Å². The van der Waals surface area contributed by atoms with Crippen LogP contribution in [0, 0.1) is 0 Å². The van der Waals surface area contributed by atoms with Gasteiger partial charge in [0.1, 0.15) is 18.1 Å². The van der Waals surface area contributed by atoms with E-state index in [4.69, 9.17) is 26.1 Å². The predicted molar refractivity (Wildman–Crippen MR) is 158 cm³/mol. The summed E-state index contributed by atoms with van der Waals surface area (Å²) in [6.45, 7) is 2.12. The number of hydrogen-bond donors (Lipinski definition) is 2. The number of hydrogen-bond acceptors (Lipinski definition) is 8. The quantitative estimate of drug-likeness (QED) is 0.364. The van der Waals surface area contributed by atoms with Crippen molar-refractivity contribution in [3.8, 4) is 22.9 Å². The van der Waals surface area contributed by atoms with Crippen LogP contribution in [0.5, 0.6) is 11.5 Å². The van der Waals surface area contributed by atoms with Gasteiger partial charge in [-0.3, -0.25) is 14.4 Å². The Morgan fingerprint density at radius 1 is 1.07 bits per heavy atom. The second-order valence-corrected chi connectivity index (χ2v) is 10.2. The first-order chi connectivity index (χ1) is 20.8. The third-order valence-corrected chi connectivity index (χ3v) is 6.94. The fraction of sp³-hybridized carbons (Fsp3) is 0.267. The Bertz CT molecular complexity index is 1610. The van der Waals surface area contributed by atoms with Gasteiger partial charge in [-0.25, -0.2) is 14.6 Å². The second-order valence-electron chi connectivity index (χ2n) is 9.73. The van der Waals surface area contributed by atoms with E-state index in [0.29, 0.717) is 40.3 Å². The van der Waals surface area contributed by atoms with Gasteiger partial charge < -0.3 is 25.0 Å². The molecule has 3 amide bonds. The van der Waals surface area contributed by atoms with Crippen molar-refractivity contribution in [2.45, 2.75) is 19.5 Å². The number of carbonyl (C=O) groups excluding carboxylic acids is 3. The van der Waals surface area contributed by atoms with Gasteiger partial charge in [0, 0.05) is 30.4 Å². The van der Waals surface area contributed by atoms with Crippen molar-refractivity contribution in [2.24, 2.45) is 0 Å². The molecule has 43 heavy (non-hydrogen) atoms. The highest BCUT2D eigenvalue weighted by atomic mass is 35.5. The highest BCUT2D eigenvalue weighted by Crippen LogP contribution is 2.28. The number of halogens is 1. The standard InChI is InChI=1S/C30H30ClN7O5/c1-19-28-35-27(20-6-4-3-5-7-20)36-38(28)14-15-43-25-16-21(8-11-24(25)42-2)29(40)32-12-13-37(18-26(39)34-19)30(41)23-10-9-22(31)17-33-23/h3-11,16-17,19H,12-15,18H2,1-2H3,(H,32,40)(H,34,39)/t19-/m1/s1. The SMILES string of the molecule is COc1ccc2cc1OCCn1nc(-c3ccccc3)nc1[C@@H](C)NC(=O)CN(C(=O)c1ccc(Cl)cn1)CCNC2=O. The molecule has 1 atom stereocenters. The summed E-state index contributed by atoms with van der Waals surface area (Å²) in [5, 5.41) is 10.8. The number of carbonyl (C=O) groups is 3. The Balaban J connectivity index is 1.48. The molecule has 5 rings (SSSR count). The molecule has 0 unspecified atom stereocenters. The average molecular weight is 604 g/mol. The van der Waals surface area contributed by atoms with E-state index in [1.165, 1.54) is 24.3 Å². The number of benzene rings is 2. The number of ether oxygens (including phenoxy) is 2. The minimum absolute atomic E-state index is 0.0462. The molecule has 1 aliphatic heterocycles. The van der Waals surface area contributed by atoms with Crippen LogP contribution in [0.15, 0.2) is 66.9 Å². The summed E-state index contributed by atoms with van der Waals surface area (Å²) in [7, 11) is 1.52. The van der Waals surface area contributed by atoms with E-state index in [1.807, 2.05) is 30.3 Å². The summed E-state index contributed by atoms with van der Waals surface area (Å²) in [5.41, 5.74) is 1.28. The third kappa shape index (κ3) is 7.09. The smallest absolute Gasteiger partial charge is 0.272 e. The van der Waals surface area contributed by atoms with Gasteiger partial charge in [-0.2, -0.15) is 5.10 Å². The summed E-state index contributed by atoms with van der Waals surface area (Å²) in [6.07, 6.45) is 1.36. The molecule has 4 aromatic rings. The monoisotopic (exact) mass is 603 g/mol. The third-order valence-electron chi connectivity index (χ3n) is 6.72. The molecule has 12 nitrogen and oxygen atoms in total. The number of aromatic nitrogens is 4. The lowest BCUT2D eigenvalue weighted by molar-refractivity contribution is -0.122. The van der Waals surface area contributed by atoms with Crippen LogP contribution in [0.2, 0.25) is 5.02 Å². The zero-order valence-corrected chi connectivity index (χ0v) is 24.4. The lowest BCUT2D eigenvalue weighted by Gasteiger charge is -2.23.